The molecule has 4 aromatic rings. The van der Waals surface area contributed by atoms with Gasteiger partial charge in [0, 0.05) is 0 Å². The molecule has 0 amide bonds. The van der Waals surface area contributed by atoms with E-state index in [1.807, 2.05) is 0 Å². The first kappa shape index (κ1) is 30.2. The van der Waals surface area contributed by atoms with E-state index in [0.717, 1.165) is 17.2 Å². The summed E-state index contributed by atoms with van der Waals surface area (Å²) >= 11 is 0. The minimum absolute atomic E-state index is 0.0276. The minimum Gasteiger partial charge on any atom is -0.386 e. The first-order valence-electron chi connectivity index (χ1n) is 12.9. The average Bonchev–Trinajstić information content (AvgIpc) is 3.72. The van der Waals surface area contributed by atoms with Gasteiger partial charge in [0.1, 0.15) is 30.2 Å². The zero-order chi connectivity index (χ0) is 31.8. The molecule has 10 atom stereocenters. The third kappa shape index (κ3) is 5.30. The Kier molecular flexibility index (Phi) is 7.26. The Morgan fingerprint density at radius 1 is 0.978 bits per heavy atom. The quantitative estimate of drug-likeness (QED) is 0.133. The third-order valence-corrected chi connectivity index (χ3v) is 9.20. The lowest BCUT2D eigenvalue weighted by molar-refractivity contribution is -0.159. The molecule has 0 aromatic carbocycles. The Morgan fingerprint density at radius 2 is 1.71 bits per heavy atom. The molecule has 0 spiro atoms. The van der Waals surface area contributed by atoms with Gasteiger partial charge in [0.2, 0.25) is 5.95 Å². The van der Waals surface area contributed by atoms with Crippen molar-refractivity contribution in [1.82, 2.24) is 39.0 Å². The van der Waals surface area contributed by atoms with E-state index in [2.05, 4.69) is 29.9 Å². The second-order valence-corrected chi connectivity index (χ2v) is 13.2. The summed E-state index contributed by atoms with van der Waals surface area (Å²) in [5, 5.41) is 11.1. The monoisotopic (exact) mass is 676 g/mol. The highest BCUT2D eigenvalue weighted by Crippen LogP contribution is 2.53. The normalized spacial score (nSPS) is 37.7. The van der Waals surface area contributed by atoms with Crippen molar-refractivity contribution in [2.45, 2.75) is 49.3 Å². The maximum atomic E-state index is 15.7. The SMILES string of the molecule is Nc1nc2c(ncn2[C@@H]2O[C@@H]3OCP(=O)(O)O[C@H]4[C@@H](O)[C@H](n5cnc6c(N)ncnc65)O[C@@H]4COP(=O)(O)O[C@@H]2[C@@H]3F)c(=O)[nH]1. The van der Waals surface area contributed by atoms with Crippen molar-refractivity contribution in [2.24, 2.45) is 0 Å². The van der Waals surface area contributed by atoms with Gasteiger partial charge in [0.05, 0.1) is 19.3 Å². The third-order valence-electron chi connectivity index (χ3n) is 7.17. The molecule has 2 unspecified atom stereocenters. The molecule has 3 fully saturated rings. The number of phosphoric ester groups is 1. The van der Waals surface area contributed by atoms with Crippen molar-refractivity contribution in [2.75, 3.05) is 24.4 Å². The van der Waals surface area contributed by atoms with Gasteiger partial charge in [0.25, 0.3) is 5.56 Å². The van der Waals surface area contributed by atoms with Gasteiger partial charge < -0.3 is 40.6 Å². The number of aromatic amines is 1. The number of fused-ring (bicyclic) bond motifs is 5. The fourth-order valence-electron chi connectivity index (χ4n) is 5.21. The lowest BCUT2D eigenvalue weighted by atomic mass is 10.1. The van der Waals surface area contributed by atoms with Crippen molar-refractivity contribution in [1.29, 1.82) is 0 Å². The Labute approximate surface area is 248 Å². The fraction of sp³-hybridized carbons (Fsp3) is 0.500. The minimum atomic E-state index is -5.21. The lowest BCUT2D eigenvalue weighted by Gasteiger charge is -2.25. The van der Waals surface area contributed by atoms with Crippen LogP contribution >= 0.6 is 15.4 Å². The molecule has 7 rings (SSSR count). The van der Waals surface area contributed by atoms with Gasteiger partial charge in [-0.15, -0.1) is 0 Å². The molecule has 0 aliphatic carbocycles. The van der Waals surface area contributed by atoms with Gasteiger partial charge in [-0.3, -0.25) is 37.0 Å². The number of nitrogens with two attached hydrogens (primary N) is 2. The number of imidazole rings is 2. The highest BCUT2D eigenvalue weighted by Gasteiger charge is 2.54. The summed E-state index contributed by atoms with van der Waals surface area (Å²) in [4.78, 5) is 55.6. The number of aromatic nitrogens is 8. The van der Waals surface area contributed by atoms with Crippen molar-refractivity contribution >= 4 is 49.5 Å². The van der Waals surface area contributed by atoms with Crippen LogP contribution in [0.4, 0.5) is 16.2 Å². The largest absolute Gasteiger partial charge is 0.472 e. The molecule has 22 nitrogen and oxygen atoms in total. The highest BCUT2D eigenvalue weighted by atomic mass is 31.2. The van der Waals surface area contributed by atoms with Crippen molar-refractivity contribution in [3.63, 3.8) is 0 Å². The summed E-state index contributed by atoms with van der Waals surface area (Å²) in [5.74, 6) is -0.294. The number of aliphatic hydroxyl groups is 1. The Bertz CT molecular complexity index is 1940. The van der Waals surface area contributed by atoms with Crippen molar-refractivity contribution in [3.8, 4) is 0 Å². The highest BCUT2D eigenvalue weighted by molar-refractivity contribution is 7.52. The van der Waals surface area contributed by atoms with Crippen LogP contribution in [0.2, 0.25) is 0 Å². The van der Waals surface area contributed by atoms with E-state index in [1.165, 1.54) is 10.9 Å². The maximum absolute atomic E-state index is 15.7. The van der Waals surface area contributed by atoms with Crippen LogP contribution in [0.5, 0.6) is 0 Å². The number of hydrogen-bond donors (Lipinski definition) is 6. The molecule has 0 saturated carbocycles. The first-order valence-corrected chi connectivity index (χ1v) is 16.1. The van der Waals surface area contributed by atoms with Gasteiger partial charge in [-0.2, -0.15) is 4.98 Å². The van der Waals surface area contributed by atoms with Crippen LogP contribution in [0.15, 0.2) is 23.8 Å². The number of H-pyrrole nitrogens is 1. The van der Waals surface area contributed by atoms with Gasteiger partial charge in [-0.05, 0) is 0 Å². The molecule has 8 N–H and O–H groups in total. The Hall–Kier alpha value is -3.47. The second kappa shape index (κ2) is 10.8. The van der Waals surface area contributed by atoms with Crippen LogP contribution in [-0.2, 0) is 36.9 Å². The Balaban J connectivity index is 1.21. The van der Waals surface area contributed by atoms with Crippen molar-refractivity contribution in [3.05, 3.63) is 29.3 Å². The molecule has 3 aliphatic rings. The second-order valence-electron chi connectivity index (χ2n) is 10.1. The Morgan fingerprint density at radius 3 is 2.49 bits per heavy atom. The summed E-state index contributed by atoms with van der Waals surface area (Å²) in [6.07, 6.45) is -12.0. The first-order chi connectivity index (χ1) is 21.3. The predicted octanol–water partition coefficient (Wildman–Crippen LogP) is -1.36. The summed E-state index contributed by atoms with van der Waals surface area (Å²) in [6, 6.07) is 0. The zero-order valence-electron chi connectivity index (χ0n) is 22.3. The van der Waals surface area contributed by atoms with Crippen molar-refractivity contribution < 1.29 is 56.2 Å². The molecule has 3 saturated heterocycles. The fourth-order valence-corrected chi connectivity index (χ4v) is 7.17. The number of ether oxygens (including phenoxy) is 3. The summed E-state index contributed by atoms with van der Waals surface area (Å²) in [6.45, 7) is -0.864. The van der Waals surface area contributed by atoms with E-state index in [0.29, 0.717) is 0 Å². The smallest absolute Gasteiger partial charge is 0.386 e. The molecule has 3 aliphatic heterocycles. The molecular formula is C20H23FN10O12P2. The molecule has 45 heavy (non-hydrogen) atoms. The van der Waals surface area contributed by atoms with E-state index >= 15 is 4.39 Å². The number of nitrogens with zero attached hydrogens (tertiary/aromatic N) is 7. The summed E-state index contributed by atoms with van der Waals surface area (Å²) < 4.78 is 76.3. The zero-order valence-corrected chi connectivity index (χ0v) is 24.1. The molecule has 25 heteroatoms. The number of nitrogen functional groups attached to an aromatic ring is 2. The number of aliphatic hydroxyl groups excluding tert-OH is 1. The molecule has 2 bridgehead atoms. The van der Waals surface area contributed by atoms with Gasteiger partial charge in [-0.1, -0.05) is 0 Å². The van der Waals surface area contributed by atoms with E-state index in [9.17, 15) is 28.8 Å². The topological polar surface area (TPSA) is 309 Å². The van der Waals surface area contributed by atoms with Crippen LogP contribution in [0.1, 0.15) is 12.5 Å². The van der Waals surface area contributed by atoms with E-state index in [4.69, 9.17) is 39.2 Å². The van der Waals surface area contributed by atoms with Gasteiger partial charge in [-0.25, -0.2) is 28.9 Å². The summed E-state index contributed by atoms with van der Waals surface area (Å²) in [7, 11) is -10.1. The van der Waals surface area contributed by atoms with Crippen LogP contribution in [0, 0.1) is 0 Å². The van der Waals surface area contributed by atoms with Crippen LogP contribution < -0.4 is 17.0 Å². The van der Waals surface area contributed by atoms with E-state index in [-0.39, 0.29) is 34.1 Å². The predicted molar refractivity (Wildman–Crippen MR) is 142 cm³/mol. The van der Waals surface area contributed by atoms with Crippen LogP contribution in [-0.4, -0.2) is 104 Å². The van der Waals surface area contributed by atoms with Crippen LogP contribution in [0.3, 0.4) is 0 Å². The number of hydrogen-bond acceptors (Lipinski definition) is 17. The number of nitrogens with one attached hydrogen (secondary N) is 1. The average molecular weight is 676 g/mol. The number of phosphoric acid groups is 1. The molecule has 7 heterocycles. The number of halogens is 1. The molecule has 0 radical (unpaired) electrons. The number of anilines is 2. The van der Waals surface area contributed by atoms with Crippen LogP contribution in [0.25, 0.3) is 22.3 Å². The standard InChI is InChI=1S/C20H23FN10O12P2/c21-7-12-18(31-4-27-9-15(31)28-20(23)29-16(9)33)41-19(7)38-5-44(34,35)42-11-6(1-39-45(36,37)43-12)40-17(10(11)32)30-3-26-8-13(22)24-2-25-14(8)30/h2-4,6-7,10-12,17-19,32H,1,5H2,(H,34,35)(H,36,37)(H2,22,24,25)(H3,23,28,29,33)/t6-,7+,10-,11-,12-,17-,18-,19+/m1/s1. The lowest BCUT2D eigenvalue weighted by Crippen LogP contribution is -2.36. The molecular weight excluding hydrogens is 653 g/mol. The molecule has 242 valence electrons. The molecule has 4 aromatic heterocycles. The van der Waals surface area contributed by atoms with Gasteiger partial charge >= 0.3 is 15.4 Å². The number of alkyl halides is 1. The van der Waals surface area contributed by atoms with E-state index < -0.39 is 83.3 Å². The van der Waals surface area contributed by atoms with Gasteiger partial charge in [0.15, 0.2) is 60.0 Å². The maximum Gasteiger partial charge on any atom is 0.472 e. The van der Waals surface area contributed by atoms with E-state index in [1.54, 1.807) is 0 Å². The summed E-state index contributed by atoms with van der Waals surface area (Å²) in [5.41, 5.74) is 10.6. The number of rotatable bonds is 2.